The molecular formula is C12H19N5O. The molecule has 0 saturated carbocycles. The molecule has 6 nitrogen and oxygen atoms in total. The second-order valence-corrected chi connectivity index (χ2v) is 4.22. The maximum Gasteiger partial charge on any atom is 0.213 e. The smallest absolute Gasteiger partial charge is 0.213 e. The van der Waals surface area contributed by atoms with Crippen molar-refractivity contribution in [1.82, 2.24) is 19.3 Å². The zero-order chi connectivity index (χ0) is 13.1. The molecule has 0 bridgehead atoms. The molecule has 18 heavy (non-hydrogen) atoms. The number of hydrogen-bond donors (Lipinski definition) is 1. The van der Waals surface area contributed by atoms with Gasteiger partial charge in [0.1, 0.15) is 0 Å². The minimum absolute atomic E-state index is 0.711. The third-order valence-electron chi connectivity index (χ3n) is 2.65. The van der Waals surface area contributed by atoms with E-state index in [9.17, 15) is 0 Å². The van der Waals surface area contributed by atoms with Crippen LogP contribution in [-0.4, -0.2) is 26.4 Å². The van der Waals surface area contributed by atoms with Crippen LogP contribution in [-0.2, 0) is 13.6 Å². The van der Waals surface area contributed by atoms with Crippen LogP contribution in [0.5, 0.6) is 5.88 Å². The molecule has 0 atom stereocenters. The fourth-order valence-electron chi connectivity index (χ4n) is 1.87. The van der Waals surface area contributed by atoms with Crippen LogP contribution in [0.25, 0.3) is 0 Å². The summed E-state index contributed by atoms with van der Waals surface area (Å²) >= 11 is 0. The molecule has 2 rings (SSSR count). The Bertz CT molecular complexity index is 529. The molecule has 0 aromatic carbocycles. The molecule has 0 spiro atoms. The summed E-state index contributed by atoms with van der Waals surface area (Å²) in [5, 5.41) is 7.53. The monoisotopic (exact) mass is 249 g/mol. The van der Waals surface area contributed by atoms with E-state index in [-0.39, 0.29) is 0 Å². The van der Waals surface area contributed by atoms with E-state index in [0.29, 0.717) is 5.88 Å². The molecule has 0 fully saturated rings. The summed E-state index contributed by atoms with van der Waals surface area (Å²) in [5.74, 6) is 2.26. The summed E-state index contributed by atoms with van der Waals surface area (Å²) in [6.07, 6.45) is 3.10. The van der Waals surface area contributed by atoms with E-state index in [0.717, 1.165) is 30.4 Å². The SMILES string of the molecule is CCCn1cc(C)nc1Nc1cc(OC)n(C)n1. The number of nitrogens with zero attached hydrogens (tertiary/aromatic N) is 4. The van der Waals surface area contributed by atoms with Gasteiger partial charge in [-0.05, 0) is 13.3 Å². The molecule has 0 radical (unpaired) electrons. The van der Waals surface area contributed by atoms with Crippen molar-refractivity contribution >= 4 is 11.8 Å². The number of aromatic nitrogens is 4. The van der Waals surface area contributed by atoms with Gasteiger partial charge in [0.25, 0.3) is 0 Å². The maximum atomic E-state index is 5.18. The van der Waals surface area contributed by atoms with Crippen molar-refractivity contribution in [3.05, 3.63) is 18.0 Å². The van der Waals surface area contributed by atoms with Crippen molar-refractivity contribution in [2.75, 3.05) is 12.4 Å². The molecular weight excluding hydrogens is 230 g/mol. The molecule has 2 aromatic rings. The first-order valence-electron chi connectivity index (χ1n) is 6.03. The van der Waals surface area contributed by atoms with Crippen molar-refractivity contribution in [2.45, 2.75) is 26.8 Å². The lowest BCUT2D eigenvalue weighted by Crippen LogP contribution is -2.03. The van der Waals surface area contributed by atoms with Crippen LogP contribution >= 0.6 is 0 Å². The predicted octanol–water partition coefficient (Wildman–Crippen LogP) is 2.09. The highest BCUT2D eigenvalue weighted by molar-refractivity contribution is 5.50. The molecule has 0 aliphatic heterocycles. The Labute approximate surface area is 107 Å². The average molecular weight is 249 g/mol. The molecule has 2 aromatic heterocycles. The molecule has 0 aliphatic carbocycles. The van der Waals surface area contributed by atoms with Crippen LogP contribution in [0.15, 0.2) is 12.3 Å². The summed E-state index contributed by atoms with van der Waals surface area (Å²) in [4.78, 5) is 4.45. The Balaban J connectivity index is 2.21. The van der Waals surface area contributed by atoms with E-state index < -0.39 is 0 Å². The van der Waals surface area contributed by atoms with Gasteiger partial charge in [0.2, 0.25) is 11.8 Å². The van der Waals surface area contributed by atoms with Crippen molar-refractivity contribution in [3.63, 3.8) is 0 Å². The molecule has 1 N–H and O–H groups in total. The van der Waals surface area contributed by atoms with E-state index in [2.05, 4.69) is 26.9 Å². The fourth-order valence-corrected chi connectivity index (χ4v) is 1.87. The summed E-state index contributed by atoms with van der Waals surface area (Å²) in [6, 6.07) is 1.85. The van der Waals surface area contributed by atoms with Gasteiger partial charge < -0.3 is 14.6 Å². The van der Waals surface area contributed by atoms with Gasteiger partial charge >= 0.3 is 0 Å². The first-order chi connectivity index (χ1) is 8.63. The number of hydrogen-bond acceptors (Lipinski definition) is 4. The van der Waals surface area contributed by atoms with Crippen molar-refractivity contribution in [3.8, 4) is 5.88 Å². The second kappa shape index (κ2) is 5.12. The highest BCUT2D eigenvalue weighted by Crippen LogP contribution is 2.20. The fraction of sp³-hybridized carbons (Fsp3) is 0.500. The second-order valence-electron chi connectivity index (χ2n) is 4.22. The van der Waals surface area contributed by atoms with Gasteiger partial charge in [-0.25, -0.2) is 9.67 Å². The summed E-state index contributed by atoms with van der Waals surface area (Å²) in [5.41, 5.74) is 0.994. The Kier molecular flexibility index (Phi) is 3.55. The Morgan fingerprint density at radius 1 is 1.44 bits per heavy atom. The quantitative estimate of drug-likeness (QED) is 0.881. The molecule has 0 amide bonds. The van der Waals surface area contributed by atoms with Gasteiger partial charge in [-0.15, -0.1) is 0 Å². The molecule has 0 saturated heterocycles. The van der Waals surface area contributed by atoms with Crippen LogP contribution in [0.3, 0.4) is 0 Å². The topological polar surface area (TPSA) is 56.9 Å². The normalized spacial score (nSPS) is 10.7. The Morgan fingerprint density at radius 3 is 2.83 bits per heavy atom. The summed E-state index contributed by atoms with van der Waals surface area (Å²) < 4.78 is 8.96. The molecule has 98 valence electrons. The molecule has 0 aliphatic rings. The van der Waals surface area contributed by atoms with Gasteiger partial charge in [0, 0.05) is 25.9 Å². The predicted molar refractivity (Wildman–Crippen MR) is 70.3 cm³/mol. The van der Waals surface area contributed by atoms with Crippen LogP contribution in [0.4, 0.5) is 11.8 Å². The lowest BCUT2D eigenvalue weighted by molar-refractivity contribution is 0.373. The first kappa shape index (κ1) is 12.5. The molecule has 0 unspecified atom stereocenters. The van der Waals surface area contributed by atoms with Crippen molar-refractivity contribution < 1.29 is 4.74 Å². The Hall–Kier alpha value is -1.98. The zero-order valence-corrected chi connectivity index (χ0v) is 11.3. The van der Waals surface area contributed by atoms with Crippen LogP contribution < -0.4 is 10.1 Å². The maximum absolute atomic E-state index is 5.18. The lowest BCUT2D eigenvalue weighted by atomic mass is 10.5. The summed E-state index contributed by atoms with van der Waals surface area (Å²) in [7, 11) is 3.47. The molecule has 6 heteroatoms. The number of methoxy groups -OCH3 is 1. The first-order valence-corrected chi connectivity index (χ1v) is 6.03. The van der Waals surface area contributed by atoms with Gasteiger partial charge in [0.05, 0.1) is 12.8 Å². The molecule has 2 heterocycles. The average Bonchev–Trinajstić information content (AvgIpc) is 2.83. The number of imidazole rings is 1. The van der Waals surface area contributed by atoms with E-state index in [4.69, 9.17) is 4.74 Å². The van der Waals surface area contributed by atoms with E-state index >= 15 is 0 Å². The minimum Gasteiger partial charge on any atom is -0.481 e. The van der Waals surface area contributed by atoms with Crippen LogP contribution in [0.2, 0.25) is 0 Å². The number of nitrogens with one attached hydrogen (secondary N) is 1. The van der Waals surface area contributed by atoms with E-state index in [1.165, 1.54) is 0 Å². The van der Waals surface area contributed by atoms with Crippen molar-refractivity contribution in [1.29, 1.82) is 0 Å². The van der Waals surface area contributed by atoms with E-state index in [1.54, 1.807) is 11.8 Å². The minimum atomic E-state index is 0.711. The number of rotatable bonds is 5. The van der Waals surface area contributed by atoms with Gasteiger partial charge in [-0.3, -0.25) is 0 Å². The van der Waals surface area contributed by atoms with E-state index in [1.807, 2.05) is 26.2 Å². The largest absolute Gasteiger partial charge is 0.481 e. The van der Waals surface area contributed by atoms with Crippen LogP contribution in [0.1, 0.15) is 19.0 Å². The third kappa shape index (κ3) is 2.47. The standard InChI is InChI=1S/C12H19N5O/c1-5-6-17-8-9(2)13-12(17)14-10-7-11(18-4)16(3)15-10/h7-8H,5-6H2,1-4H3,(H,13,14,15). The van der Waals surface area contributed by atoms with Gasteiger partial charge in [-0.2, -0.15) is 5.10 Å². The lowest BCUT2D eigenvalue weighted by Gasteiger charge is -2.05. The highest BCUT2D eigenvalue weighted by atomic mass is 16.5. The third-order valence-corrected chi connectivity index (χ3v) is 2.65. The highest BCUT2D eigenvalue weighted by Gasteiger charge is 2.09. The number of ether oxygens (including phenoxy) is 1. The zero-order valence-electron chi connectivity index (χ0n) is 11.3. The van der Waals surface area contributed by atoms with Gasteiger partial charge in [0.15, 0.2) is 5.82 Å². The number of aryl methyl sites for hydroxylation is 3. The van der Waals surface area contributed by atoms with Crippen LogP contribution in [0, 0.1) is 6.92 Å². The van der Waals surface area contributed by atoms with Crippen molar-refractivity contribution in [2.24, 2.45) is 7.05 Å². The summed E-state index contributed by atoms with van der Waals surface area (Å²) in [6.45, 7) is 5.06. The Morgan fingerprint density at radius 2 is 2.22 bits per heavy atom. The van der Waals surface area contributed by atoms with Gasteiger partial charge in [-0.1, -0.05) is 6.92 Å². The number of anilines is 2.